The van der Waals surface area contributed by atoms with Crippen molar-refractivity contribution in [1.82, 2.24) is 10.1 Å². The first-order valence-corrected chi connectivity index (χ1v) is 5.95. The van der Waals surface area contributed by atoms with Gasteiger partial charge in [0.2, 0.25) is 5.82 Å². The van der Waals surface area contributed by atoms with E-state index in [1.165, 1.54) is 0 Å². The lowest BCUT2D eigenvalue weighted by atomic mass is 10.2. The third kappa shape index (κ3) is 2.47. The highest BCUT2D eigenvalue weighted by Crippen LogP contribution is 2.29. The largest absolute Gasteiger partial charge is 0.399 e. The molecule has 0 amide bonds. The maximum absolute atomic E-state index is 6.08. The second-order valence-electron chi connectivity index (χ2n) is 3.83. The summed E-state index contributed by atoms with van der Waals surface area (Å²) in [6.07, 6.45) is 0.598. The van der Waals surface area contributed by atoms with Crippen LogP contribution in [0.4, 0.5) is 5.69 Å². The van der Waals surface area contributed by atoms with Gasteiger partial charge in [0.25, 0.3) is 5.89 Å². The molecule has 0 bridgehead atoms. The smallest absolute Gasteiger partial charge is 0.259 e. The summed E-state index contributed by atoms with van der Waals surface area (Å²) in [5, 5.41) is 4.38. The van der Waals surface area contributed by atoms with Gasteiger partial charge in [-0.05, 0) is 24.6 Å². The van der Waals surface area contributed by atoms with Crippen LogP contribution in [0.1, 0.15) is 25.3 Å². The molecule has 0 fully saturated rings. The van der Waals surface area contributed by atoms with E-state index in [0.29, 0.717) is 28.0 Å². The van der Waals surface area contributed by atoms with E-state index in [1.54, 1.807) is 25.3 Å². The molecule has 0 saturated carbocycles. The maximum atomic E-state index is 6.08. The minimum atomic E-state index is -0.171. The molecule has 2 rings (SSSR count). The van der Waals surface area contributed by atoms with Gasteiger partial charge in [0, 0.05) is 12.8 Å². The van der Waals surface area contributed by atoms with Crippen LogP contribution in [0.25, 0.3) is 11.5 Å². The molecular formula is C12H14ClN3O2. The van der Waals surface area contributed by atoms with Gasteiger partial charge in [-0.3, -0.25) is 0 Å². The Hall–Kier alpha value is -1.59. The summed E-state index contributed by atoms with van der Waals surface area (Å²) in [5.41, 5.74) is 6.88. The molecule has 1 aromatic heterocycles. The highest BCUT2D eigenvalue weighted by Gasteiger charge is 2.18. The topological polar surface area (TPSA) is 74.2 Å². The minimum absolute atomic E-state index is 0.171. The van der Waals surface area contributed by atoms with Crippen molar-refractivity contribution >= 4 is 17.3 Å². The number of benzene rings is 1. The van der Waals surface area contributed by atoms with E-state index in [2.05, 4.69) is 10.1 Å². The summed E-state index contributed by atoms with van der Waals surface area (Å²) >= 11 is 6.08. The van der Waals surface area contributed by atoms with Gasteiger partial charge in [0.05, 0.1) is 10.6 Å². The average Bonchev–Trinajstić information content (AvgIpc) is 2.80. The molecule has 5 nitrogen and oxygen atoms in total. The van der Waals surface area contributed by atoms with Crippen LogP contribution < -0.4 is 5.73 Å². The van der Waals surface area contributed by atoms with Crippen LogP contribution in [0.3, 0.4) is 0 Å². The van der Waals surface area contributed by atoms with E-state index in [0.717, 1.165) is 6.42 Å². The van der Waals surface area contributed by atoms with Crippen molar-refractivity contribution in [2.24, 2.45) is 0 Å². The highest BCUT2D eigenvalue weighted by atomic mass is 35.5. The van der Waals surface area contributed by atoms with Gasteiger partial charge in [0.1, 0.15) is 6.10 Å². The van der Waals surface area contributed by atoms with Gasteiger partial charge in [-0.15, -0.1) is 0 Å². The normalized spacial score (nSPS) is 12.6. The quantitative estimate of drug-likeness (QED) is 0.862. The van der Waals surface area contributed by atoms with Crippen molar-refractivity contribution in [3.63, 3.8) is 0 Å². The van der Waals surface area contributed by atoms with Gasteiger partial charge in [-0.25, -0.2) is 0 Å². The average molecular weight is 268 g/mol. The predicted molar refractivity (Wildman–Crippen MR) is 69.2 cm³/mol. The van der Waals surface area contributed by atoms with Crippen LogP contribution in [-0.2, 0) is 4.74 Å². The van der Waals surface area contributed by atoms with E-state index in [1.807, 2.05) is 6.92 Å². The molecule has 1 heterocycles. The van der Waals surface area contributed by atoms with Crippen molar-refractivity contribution in [1.29, 1.82) is 0 Å². The Kier molecular flexibility index (Phi) is 3.84. The van der Waals surface area contributed by atoms with E-state index in [9.17, 15) is 0 Å². The second-order valence-corrected chi connectivity index (χ2v) is 4.24. The number of aromatic nitrogens is 2. The molecule has 0 saturated heterocycles. The van der Waals surface area contributed by atoms with Gasteiger partial charge in [-0.2, -0.15) is 4.98 Å². The SMILES string of the molecule is CCC(OC)c1noc(-c2ccc(N)cc2Cl)n1. The Morgan fingerprint density at radius 3 is 2.89 bits per heavy atom. The Morgan fingerprint density at radius 2 is 2.28 bits per heavy atom. The van der Waals surface area contributed by atoms with Crippen molar-refractivity contribution in [3.05, 3.63) is 29.0 Å². The van der Waals surface area contributed by atoms with E-state index < -0.39 is 0 Å². The van der Waals surface area contributed by atoms with Gasteiger partial charge in [0.15, 0.2) is 0 Å². The van der Waals surface area contributed by atoms with E-state index in [4.69, 9.17) is 26.6 Å². The fraction of sp³-hybridized carbons (Fsp3) is 0.333. The lowest BCUT2D eigenvalue weighted by molar-refractivity contribution is 0.0903. The van der Waals surface area contributed by atoms with Crippen LogP contribution in [-0.4, -0.2) is 17.3 Å². The molecule has 0 radical (unpaired) electrons. The Bertz CT molecular complexity index is 538. The number of methoxy groups -OCH3 is 1. The highest BCUT2D eigenvalue weighted by molar-refractivity contribution is 6.33. The Labute approximate surface area is 110 Å². The van der Waals surface area contributed by atoms with Crippen LogP contribution in [0.5, 0.6) is 0 Å². The molecule has 2 aromatic rings. The third-order valence-electron chi connectivity index (χ3n) is 2.61. The van der Waals surface area contributed by atoms with Crippen LogP contribution >= 0.6 is 11.6 Å². The molecule has 6 heteroatoms. The molecule has 18 heavy (non-hydrogen) atoms. The van der Waals surface area contributed by atoms with Crippen LogP contribution in [0.2, 0.25) is 5.02 Å². The monoisotopic (exact) mass is 267 g/mol. The zero-order valence-electron chi connectivity index (χ0n) is 10.2. The molecule has 1 atom stereocenters. The van der Waals surface area contributed by atoms with Crippen LogP contribution in [0, 0.1) is 0 Å². The number of ether oxygens (including phenoxy) is 1. The lowest BCUT2D eigenvalue weighted by Gasteiger charge is -2.06. The predicted octanol–water partition coefficient (Wildman–Crippen LogP) is 3.07. The molecule has 0 aliphatic carbocycles. The first-order chi connectivity index (χ1) is 8.65. The molecule has 1 aromatic carbocycles. The number of nitrogen functional groups attached to an aromatic ring is 1. The maximum Gasteiger partial charge on any atom is 0.259 e. The number of anilines is 1. The molecule has 2 N–H and O–H groups in total. The molecular weight excluding hydrogens is 254 g/mol. The second kappa shape index (κ2) is 5.37. The van der Waals surface area contributed by atoms with Crippen molar-refractivity contribution < 1.29 is 9.26 Å². The van der Waals surface area contributed by atoms with Gasteiger partial charge >= 0.3 is 0 Å². The lowest BCUT2D eigenvalue weighted by Crippen LogP contribution is -2.01. The Balaban J connectivity index is 2.34. The number of nitrogens with zero attached hydrogens (tertiary/aromatic N) is 2. The fourth-order valence-electron chi connectivity index (χ4n) is 1.63. The molecule has 0 spiro atoms. The number of hydrogen-bond acceptors (Lipinski definition) is 5. The third-order valence-corrected chi connectivity index (χ3v) is 2.92. The first kappa shape index (κ1) is 12.9. The summed E-state index contributed by atoms with van der Waals surface area (Å²) in [6.45, 7) is 1.99. The summed E-state index contributed by atoms with van der Waals surface area (Å²) in [5.74, 6) is 0.883. The summed E-state index contributed by atoms with van der Waals surface area (Å²) < 4.78 is 10.4. The number of rotatable bonds is 4. The van der Waals surface area contributed by atoms with Gasteiger partial charge < -0.3 is 15.0 Å². The zero-order valence-corrected chi connectivity index (χ0v) is 10.9. The fourth-order valence-corrected chi connectivity index (χ4v) is 1.90. The summed E-state index contributed by atoms with van der Waals surface area (Å²) in [4.78, 5) is 4.28. The van der Waals surface area contributed by atoms with Crippen LogP contribution in [0.15, 0.2) is 22.7 Å². The molecule has 96 valence electrons. The summed E-state index contributed by atoms with van der Waals surface area (Å²) in [6, 6.07) is 5.13. The van der Waals surface area contributed by atoms with E-state index >= 15 is 0 Å². The molecule has 0 aliphatic heterocycles. The number of nitrogens with two attached hydrogens (primary N) is 1. The number of hydrogen-bond donors (Lipinski definition) is 1. The van der Waals surface area contributed by atoms with E-state index in [-0.39, 0.29) is 6.10 Å². The standard InChI is InChI=1S/C12H14ClN3O2/c1-3-10(17-2)11-15-12(18-16-11)8-5-4-7(14)6-9(8)13/h4-6,10H,3,14H2,1-2H3. The van der Waals surface area contributed by atoms with Gasteiger partial charge in [-0.1, -0.05) is 23.7 Å². The van der Waals surface area contributed by atoms with Crippen molar-refractivity contribution in [2.45, 2.75) is 19.4 Å². The Morgan fingerprint density at radius 1 is 1.50 bits per heavy atom. The first-order valence-electron chi connectivity index (χ1n) is 5.57. The molecule has 1 unspecified atom stereocenters. The number of halogens is 1. The molecule has 0 aliphatic rings. The minimum Gasteiger partial charge on any atom is -0.399 e. The van der Waals surface area contributed by atoms with Crippen molar-refractivity contribution in [2.75, 3.05) is 12.8 Å². The summed E-state index contributed by atoms with van der Waals surface area (Å²) in [7, 11) is 1.61. The van der Waals surface area contributed by atoms with Crippen molar-refractivity contribution in [3.8, 4) is 11.5 Å². The zero-order chi connectivity index (χ0) is 13.1.